The molecule has 0 aromatic carbocycles. The van der Waals surface area contributed by atoms with Crippen molar-refractivity contribution in [1.29, 1.82) is 0 Å². The van der Waals surface area contributed by atoms with E-state index in [-0.39, 0.29) is 0 Å². The van der Waals surface area contributed by atoms with Crippen LogP contribution in [0.4, 0.5) is 0 Å². The number of aromatic nitrogens is 3. The Morgan fingerprint density at radius 2 is 1.92 bits per heavy atom. The lowest BCUT2D eigenvalue weighted by molar-refractivity contribution is 0.390. The van der Waals surface area contributed by atoms with Crippen LogP contribution in [0.5, 0.6) is 0 Å². The molecule has 1 aromatic heterocycles. The van der Waals surface area contributed by atoms with E-state index in [1.807, 2.05) is 0 Å². The van der Waals surface area contributed by atoms with E-state index < -0.39 is 0 Å². The van der Waals surface area contributed by atoms with Crippen LogP contribution in [0.25, 0.3) is 0 Å². The van der Waals surface area contributed by atoms with E-state index >= 15 is 0 Å². The van der Waals surface area contributed by atoms with E-state index in [0.29, 0.717) is 0 Å². The predicted octanol–water partition coefficient (Wildman–Crippen LogP) is 2.49. The molecule has 0 saturated carbocycles. The minimum atomic E-state index is 0.788. The maximum atomic E-state index is 3.80. The van der Waals surface area contributed by atoms with Gasteiger partial charge >= 0.3 is 0 Å². The quantitative estimate of drug-likeness (QED) is 0.675. The van der Waals surface area contributed by atoms with E-state index in [1.165, 1.54) is 25.7 Å². The van der Waals surface area contributed by atoms with Crippen molar-refractivity contribution in [2.45, 2.75) is 46.1 Å². The third kappa shape index (κ3) is 3.57. The van der Waals surface area contributed by atoms with Crippen LogP contribution in [-0.4, -0.2) is 14.8 Å². The fourth-order valence-corrected chi connectivity index (χ4v) is 1.53. The van der Waals surface area contributed by atoms with Gasteiger partial charge in [-0.05, 0) is 12.3 Å². The average molecular weight is 181 g/mol. The first kappa shape index (κ1) is 10.2. The molecule has 0 aliphatic carbocycles. The average Bonchev–Trinajstić information content (AvgIpc) is 2.64. The molecule has 1 rings (SSSR count). The van der Waals surface area contributed by atoms with Crippen molar-refractivity contribution in [1.82, 2.24) is 14.8 Å². The zero-order chi connectivity index (χ0) is 9.52. The van der Waals surface area contributed by atoms with Gasteiger partial charge in [0.2, 0.25) is 0 Å². The second kappa shape index (κ2) is 5.73. The summed E-state index contributed by atoms with van der Waals surface area (Å²) < 4.78 is 2.07. The smallest absolute Gasteiger partial charge is 0.119 e. The molecule has 0 saturated heterocycles. The zero-order valence-electron chi connectivity index (χ0n) is 8.61. The molecule has 1 heterocycles. The Labute approximate surface area is 80.2 Å². The number of rotatable bonds is 6. The molecule has 0 spiro atoms. The normalized spacial score (nSPS) is 13.1. The van der Waals surface area contributed by atoms with Gasteiger partial charge in [-0.25, -0.2) is 0 Å². The minimum absolute atomic E-state index is 0.788. The number of unbranched alkanes of at least 4 members (excludes halogenated alkanes) is 1. The molecule has 0 radical (unpaired) electrons. The highest BCUT2D eigenvalue weighted by atomic mass is 15.2. The second-order valence-corrected chi connectivity index (χ2v) is 3.58. The summed E-state index contributed by atoms with van der Waals surface area (Å²) in [4.78, 5) is 0. The van der Waals surface area contributed by atoms with Crippen LogP contribution in [0, 0.1) is 5.92 Å². The predicted molar refractivity (Wildman–Crippen MR) is 53.3 cm³/mol. The van der Waals surface area contributed by atoms with Crippen molar-refractivity contribution in [3.05, 3.63) is 12.7 Å². The molecule has 74 valence electrons. The van der Waals surface area contributed by atoms with E-state index in [2.05, 4.69) is 28.6 Å². The molecule has 3 nitrogen and oxygen atoms in total. The van der Waals surface area contributed by atoms with Crippen LogP contribution in [0.3, 0.4) is 0 Å². The molecule has 0 aliphatic rings. The SMILES string of the molecule is CCCCC(CC)Cn1cnnc1. The van der Waals surface area contributed by atoms with Gasteiger partial charge in [0.15, 0.2) is 0 Å². The Morgan fingerprint density at radius 3 is 2.46 bits per heavy atom. The van der Waals surface area contributed by atoms with Gasteiger partial charge in [-0.1, -0.05) is 33.1 Å². The van der Waals surface area contributed by atoms with Crippen molar-refractivity contribution in [3.8, 4) is 0 Å². The summed E-state index contributed by atoms with van der Waals surface area (Å²) in [6.07, 6.45) is 8.80. The van der Waals surface area contributed by atoms with Gasteiger partial charge in [-0.2, -0.15) is 0 Å². The van der Waals surface area contributed by atoms with Gasteiger partial charge in [0, 0.05) is 6.54 Å². The topological polar surface area (TPSA) is 30.7 Å². The van der Waals surface area contributed by atoms with Gasteiger partial charge in [0.1, 0.15) is 12.7 Å². The highest BCUT2D eigenvalue weighted by molar-refractivity contribution is 4.65. The lowest BCUT2D eigenvalue weighted by atomic mass is 9.99. The largest absolute Gasteiger partial charge is 0.320 e. The van der Waals surface area contributed by atoms with E-state index in [4.69, 9.17) is 0 Å². The van der Waals surface area contributed by atoms with Gasteiger partial charge in [-0.3, -0.25) is 0 Å². The monoisotopic (exact) mass is 181 g/mol. The lowest BCUT2D eigenvalue weighted by Gasteiger charge is -2.13. The summed E-state index contributed by atoms with van der Waals surface area (Å²) in [6, 6.07) is 0. The summed E-state index contributed by atoms with van der Waals surface area (Å²) in [5, 5.41) is 7.61. The van der Waals surface area contributed by atoms with Gasteiger partial charge < -0.3 is 4.57 Å². The molecule has 13 heavy (non-hydrogen) atoms. The molecule has 0 fully saturated rings. The highest BCUT2D eigenvalue weighted by Crippen LogP contribution is 2.14. The first-order valence-corrected chi connectivity index (χ1v) is 5.19. The summed E-state index contributed by atoms with van der Waals surface area (Å²) in [5.41, 5.74) is 0. The van der Waals surface area contributed by atoms with Gasteiger partial charge in [0.25, 0.3) is 0 Å². The molecular weight excluding hydrogens is 162 g/mol. The van der Waals surface area contributed by atoms with Gasteiger partial charge in [0.05, 0.1) is 0 Å². The van der Waals surface area contributed by atoms with E-state index in [1.54, 1.807) is 12.7 Å². The molecule has 1 atom stereocenters. The molecule has 1 unspecified atom stereocenters. The highest BCUT2D eigenvalue weighted by Gasteiger charge is 2.05. The fraction of sp³-hybridized carbons (Fsp3) is 0.800. The lowest BCUT2D eigenvalue weighted by Crippen LogP contribution is -2.08. The van der Waals surface area contributed by atoms with Crippen molar-refractivity contribution in [2.24, 2.45) is 5.92 Å². The second-order valence-electron chi connectivity index (χ2n) is 3.58. The Balaban J connectivity index is 2.31. The first-order chi connectivity index (χ1) is 6.36. The summed E-state index contributed by atoms with van der Waals surface area (Å²) in [5.74, 6) is 0.788. The van der Waals surface area contributed by atoms with Crippen LogP contribution in [0.1, 0.15) is 39.5 Å². The van der Waals surface area contributed by atoms with Crippen molar-refractivity contribution in [2.75, 3.05) is 0 Å². The molecule has 0 bridgehead atoms. The number of hydrogen-bond donors (Lipinski definition) is 0. The molecule has 3 heteroatoms. The third-order valence-corrected chi connectivity index (χ3v) is 2.48. The van der Waals surface area contributed by atoms with Crippen molar-refractivity contribution in [3.63, 3.8) is 0 Å². The summed E-state index contributed by atoms with van der Waals surface area (Å²) in [6.45, 7) is 5.57. The van der Waals surface area contributed by atoms with Crippen molar-refractivity contribution >= 4 is 0 Å². The maximum Gasteiger partial charge on any atom is 0.119 e. The Bertz CT molecular complexity index is 206. The Kier molecular flexibility index (Phi) is 4.50. The van der Waals surface area contributed by atoms with Crippen LogP contribution < -0.4 is 0 Å². The van der Waals surface area contributed by atoms with Crippen LogP contribution >= 0.6 is 0 Å². The van der Waals surface area contributed by atoms with E-state index in [9.17, 15) is 0 Å². The summed E-state index contributed by atoms with van der Waals surface area (Å²) in [7, 11) is 0. The third-order valence-electron chi connectivity index (χ3n) is 2.48. The standard InChI is InChI=1S/C10H19N3/c1-3-5-6-10(4-2)7-13-8-11-12-9-13/h8-10H,3-7H2,1-2H3. The Morgan fingerprint density at radius 1 is 1.23 bits per heavy atom. The Hall–Kier alpha value is -0.860. The first-order valence-electron chi connectivity index (χ1n) is 5.19. The van der Waals surface area contributed by atoms with Crippen LogP contribution in [-0.2, 0) is 6.54 Å². The molecule has 0 amide bonds. The minimum Gasteiger partial charge on any atom is -0.320 e. The van der Waals surface area contributed by atoms with Gasteiger partial charge in [-0.15, -0.1) is 10.2 Å². The summed E-state index contributed by atoms with van der Waals surface area (Å²) >= 11 is 0. The van der Waals surface area contributed by atoms with Crippen LogP contribution in [0.2, 0.25) is 0 Å². The number of hydrogen-bond acceptors (Lipinski definition) is 2. The molecule has 0 aliphatic heterocycles. The molecule has 1 aromatic rings. The zero-order valence-corrected chi connectivity index (χ0v) is 8.61. The van der Waals surface area contributed by atoms with Crippen molar-refractivity contribution < 1.29 is 0 Å². The maximum absolute atomic E-state index is 3.80. The fourth-order valence-electron chi connectivity index (χ4n) is 1.53. The molecule has 0 N–H and O–H groups in total. The van der Waals surface area contributed by atoms with E-state index in [0.717, 1.165) is 12.5 Å². The molecular formula is C10H19N3. The van der Waals surface area contributed by atoms with Crippen LogP contribution in [0.15, 0.2) is 12.7 Å². The number of nitrogens with zero attached hydrogens (tertiary/aromatic N) is 3.